The molecule has 0 spiro atoms. The maximum absolute atomic E-state index is 11.0. The minimum Gasteiger partial charge on any atom is -0.369 e. The van der Waals surface area contributed by atoms with E-state index in [1.807, 2.05) is 5.43 Å². The van der Waals surface area contributed by atoms with E-state index in [4.69, 9.17) is 4.74 Å². The summed E-state index contributed by atoms with van der Waals surface area (Å²) in [6, 6.07) is 0. The molecule has 5 heteroatoms. The van der Waals surface area contributed by atoms with Crippen LogP contribution >= 0.6 is 0 Å². The van der Waals surface area contributed by atoms with Crippen molar-refractivity contribution in [2.24, 2.45) is 0 Å². The number of methoxy groups -OCH3 is 1. The highest BCUT2D eigenvalue weighted by molar-refractivity contribution is 5.84. The summed E-state index contributed by atoms with van der Waals surface area (Å²) in [4.78, 5) is 20.8. The highest BCUT2D eigenvalue weighted by Gasteiger charge is 2.26. The van der Waals surface area contributed by atoms with Crippen LogP contribution in [-0.4, -0.2) is 25.0 Å². The second-order valence-electron chi connectivity index (χ2n) is 2.43. The monoisotopic (exact) mass is 160 g/mol. The summed E-state index contributed by atoms with van der Waals surface area (Å²) in [6.07, 6.45) is 0.379. The summed E-state index contributed by atoms with van der Waals surface area (Å²) < 4.78 is 4.83. The molecular weight excluding hydrogens is 148 g/mol. The molecule has 0 aliphatic heterocycles. The highest BCUT2D eigenvalue weighted by atomic mass is 16.5. The van der Waals surface area contributed by atoms with Crippen LogP contribution in [0.1, 0.15) is 13.8 Å². The Bertz CT molecular complexity index is 156. The number of nitrogens with one attached hydrogen (secondary N) is 2. The SMILES string of the molecule is COC(C)(C)C(=O)NNC=O. The van der Waals surface area contributed by atoms with E-state index in [0.717, 1.165) is 0 Å². The minimum absolute atomic E-state index is 0.379. The third-order valence-corrected chi connectivity index (χ3v) is 1.30. The summed E-state index contributed by atoms with van der Waals surface area (Å²) in [5.74, 6) is -0.396. The molecule has 0 unspecified atom stereocenters. The maximum Gasteiger partial charge on any atom is 0.269 e. The third-order valence-electron chi connectivity index (χ3n) is 1.30. The van der Waals surface area contributed by atoms with Gasteiger partial charge >= 0.3 is 0 Å². The summed E-state index contributed by atoms with van der Waals surface area (Å²) >= 11 is 0. The molecular formula is C6H12N2O3. The Morgan fingerprint density at radius 3 is 2.45 bits per heavy atom. The van der Waals surface area contributed by atoms with Gasteiger partial charge in [0.25, 0.3) is 5.91 Å². The molecule has 0 aliphatic rings. The van der Waals surface area contributed by atoms with E-state index in [9.17, 15) is 9.59 Å². The largest absolute Gasteiger partial charge is 0.369 e. The molecule has 0 aromatic carbocycles. The molecule has 2 N–H and O–H groups in total. The molecule has 0 fully saturated rings. The molecule has 11 heavy (non-hydrogen) atoms. The topological polar surface area (TPSA) is 67.4 Å². The molecule has 0 bridgehead atoms. The van der Waals surface area contributed by atoms with Crippen molar-refractivity contribution in [3.63, 3.8) is 0 Å². The Labute approximate surface area is 65.1 Å². The normalized spacial score (nSPS) is 10.5. The average Bonchev–Trinajstić information content (AvgIpc) is 2.00. The lowest BCUT2D eigenvalue weighted by atomic mass is 10.1. The molecule has 0 heterocycles. The summed E-state index contributed by atoms with van der Waals surface area (Å²) in [6.45, 7) is 3.18. The van der Waals surface area contributed by atoms with Crippen molar-refractivity contribution in [2.75, 3.05) is 7.11 Å². The number of hydrazine groups is 1. The van der Waals surface area contributed by atoms with Crippen LogP contribution in [0.25, 0.3) is 0 Å². The van der Waals surface area contributed by atoms with Crippen LogP contribution in [0.5, 0.6) is 0 Å². The third kappa shape index (κ3) is 2.99. The van der Waals surface area contributed by atoms with E-state index < -0.39 is 11.5 Å². The van der Waals surface area contributed by atoms with Crippen molar-refractivity contribution in [3.8, 4) is 0 Å². The first-order valence-corrected chi connectivity index (χ1v) is 3.09. The fourth-order valence-electron chi connectivity index (χ4n) is 0.338. The first-order chi connectivity index (χ1) is 5.04. The zero-order valence-electron chi connectivity index (χ0n) is 6.80. The highest BCUT2D eigenvalue weighted by Crippen LogP contribution is 2.05. The van der Waals surface area contributed by atoms with Crippen molar-refractivity contribution in [2.45, 2.75) is 19.4 Å². The van der Waals surface area contributed by atoms with Crippen molar-refractivity contribution in [3.05, 3.63) is 0 Å². The van der Waals surface area contributed by atoms with Gasteiger partial charge < -0.3 is 4.74 Å². The van der Waals surface area contributed by atoms with Gasteiger partial charge in [-0.2, -0.15) is 0 Å². The fraction of sp³-hybridized carbons (Fsp3) is 0.667. The van der Waals surface area contributed by atoms with E-state index in [1.54, 1.807) is 13.8 Å². The van der Waals surface area contributed by atoms with Gasteiger partial charge in [0.05, 0.1) is 0 Å². The van der Waals surface area contributed by atoms with Gasteiger partial charge in [-0.25, -0.2) is 0 Å². The predicted molar refractivity (Wildman–Crippen MR) is 38.4 cm³/mol. The minimum atomic E-state index is -0.921. The van der Waals surface area contributed by atoms with Gasteiger partial charge in [-0.1, -0.05) is 0 Å². The van der Waals surface area contributed by atoms with Gasteiger partial charge in [0, 0.05) is 7.11 Å². The van der Waals surface area contributed by atoms with Gasteiger partial charge in [-0.3, -0.25) is 20.4 Å². The quantitative estimate of drug-likeness (QED) is 0.417. The second kappa shape index (κ2) is 3.92. The fourth-order valence-corrected chi connectivity index (χ4v) is 0.338. The van der Waals surface area contributed by atoms with E-state index in [1.165, 1.54) is 7.11 Å². The zero-order chi connectivity index (χ0) is 8.91. The Kier molecular flexibility index (Phi) is 3.53. The smallest absolute Gasteiger partial charge is 0.269 e. The van der Waals surface area contributed by atoms with E-state index >= 15 is 0 Å². The Morgan fingerprint density at radius 2 is 2.09 bits per heavy atom. The lowest BCUT2D eigenvalue weighted by Crippen LogP contribution is -2.48. The Morgan fingerprint density at radius 1 is 1.55 bits per heavy atom. The predicted octanol–water partition coefficient (Wildman–Crippen LogP) is -0.811. The van der Waals surface area contributed by atoms with Crippen molar-refractivity contribution in [1.82, 2.24) is 10.9 Å². The van der Waals surface area contributed by atoms with Crippen molar-refractivity contribution in [1.29, 1.82) is 0 Å². The van der Waals surface area contributed by atoms with Gasteiger partial charge in [0.2, 0.25) is 6.41 Å². The first kappa shape index (κ1) is 9.90. The Balaban J connectivity index is 3.91. The van der Waals surface area contributed by atoms with Crippen LogP contribution in [0, 0.1) is 0 Å². The molecule has 0 saturated heterocycles. The molecule has 0 saturated carbocycles. The van der Waals surface area contributed by atoms with Gasteiger partial charge in [0.15, 0.2) is 0 Å². The summed E-state index contributed by atoms with van der Waals surface area (Å²) in [7, 11) is 1.42. The van der Waals surface area contributed by atoms with Crippen molar-refractivity contribution >= 4 is 12.3 Å². The molecule has 0 atom stereocenters. The molecule has 0 radical (unpaired) electrons. The number of amides is 2. The second-order valence-corrected chi connectivity index (χ2v) is 2.43. The van der Waals surface area contributed by atoms with Gasteiger partial charge in [-0.15, -0.1) is 0 Å². The van der Waals surface area contributed by atoms with Gasteiger partial charge in [-0.05, 0) is 13.8 Å². The average molecular weight is 160 g/mol. The van der Waals surface area contributed by atoms with E-state index in [0.29, 0.717) is 6.41 Å². The first-order valence-electron chi connectivity index (χ1n) is 3.09. The molecule has 64 valence electrons. The number of carbonyl (C=O) groups is 2. The van der Waals surface area contributed by atoms with Crippen LogP contribution in [0.3, 0.4) is 0 Å². The van der Waals surface area contributed by atoms with Crippen LogP contribution in [0.4, 0.5) is 0 Å². The number of hydrogen-bond donors (Lipinski definition) is 2. The summed E-state index contributed by atoms with van der Waals surface area (Å²) in [5.41, 5.74) is 3.25. The molecule has 2 amide bonds. The summed E-state index contributed by atoms with van der Waals surface area (Å²) in [5, 5.41) is 0. The Hall–Kier alpha value is -1.10. The standard InChI is InChI=1S/C6H12N2O3/c1-6(2,11-3)5(10)8-7-4-9/h4H,1-3H3,(H,7,9)(H,8,10). The number of rotatable bonds is 4. The number of ether oxygens (including phenoxy) is 1. The molecule has 0 aromatic rings. The molecule has 0 rings (SSSR count). The maximum atomic E-state index is 11.0. The van der Waals surface area contributed by atoms with Gasteiger partial charge in [0.1, 0.15) is 5.60 Å². The van der Waals surface area contributed by atoms with E-state index in [-0.39, 0.29) is 0 Å². The van der Waals surface area contributed by atoms with Crippen LogP contribution in [-0.2, 0) is 14.3 Å². The zero-order valence-corrected chi connectivity index (χ0v) is 6.80. The van der Waals surface area contributed by atoms with Crippen LogP contribution in [0.2, 0.25) is 0 Å². The molecule has 0 aliphatic carbocycles. The van der Waals surface area contributed by atoms with E-state index in [2.05, 4.69) is 5.43 Å². The molecule has 0 aromatic heterocycles. The number of carbonyl (C=O) groups excluding carboxylic acids is 2. The van der Waals surface area contributed by atoms with Crippen molar-refractivity contribution < 1.29 is 14.3 Å². The lowest BCUT2D eigenvalue weighted by Gasteiger charge is -2.20. The van der Waals surface area contributed by atoms with Crippen LogP contribution in [0.15, 0.2) is 0 Å². The number of hydrogen-bond acceptors (Lipinski definition) is 3. The van der Waals surface area contributed by atoms with Crippen LogP contribution < -0.4 is 10.9 Å². The lowest BCUT2D eigenvalue weighted by molar-refractivity contribution is -0.141. The molecule has 5 nitrogen and oxygen atoms in total.